The van der Waals surface area contributed by atoms with Crippen LogP contribution in [0.1, 0.15) is 25.3 Å². The maximum atomic E-state index is 14.8. The molecule has 1 aliphatic heterocycles. The van der Waals surface area contributed by atoms with Crippen molar-refractivity contribution < 1.29 is 22.3 Å². The normalized spacial score (nSPS) is 15.8. The van der Waals surface area contributed by atoms with Crippen LogP contribution in [0.5, 0.6) is 0 Å². The second kappa shape index (κ2) is 9.14. The number of benzene rings is 2. The van der Waals surface area contributed by atoms with Gasteiger partial charge in [0.05, 0.1) is 29.1 Å². The topological polar surface area (TPSA) is 111 Å². The molecule has 1 saturated heterocycles. The third kappa shape index (κ3) is 4.24. The van der Waals surface area contributed by atoms with Crippen LogP contribution < -0.4 is 5.32 Å². The lowest BCUT2D eigenvalue weighted by Gasteiger charge is -2.31. The van der Waals surface area contributed by atoms with E-state index in [0.717, 1.165) is 0 Å². The van der Waals surface area contributed by atoms with E-state index in [2.05, 4.69) is 20.5 Å². The highest BCUT2D eigenvalue weighted by atomic mass is 32.2. The molecule has 0 spiro atoms. The third-order valence-electron chi connectivity index (χ3n) is 6.51. The molecule has 0 aliphatic carbocycles. The Labute approximate surface area is 201 Å². The number of rotatable bonds is 6. The van der Waals surface area contributed by atoms with Gasteiger partial charge < -0.3 is 10.4 Å². The number of nitrogens with one attached hydrogen (secondary N) is 2. The van der Waals surface area contributed by atoms with Crippen molar-refractivity contribution in [3.05, 3.63) is 53.6 Å². The van der Waals surface area contributed by atoms with Crippen LogP contribution >= 0.6 is 0 Å². The molecule has 0 radical (unpaired) electrons. The lowest BCUT2D eigenvalue weighted by Crippen LogP contribution is -2.43. The zero-order valence-electron chi connectivity index (χ0n) is 19.1. The Balaban J connectivity index is 1.58. The van der Waals surface area contributed by atoms with Crippen LogP contribution in [0.4, 0.5) is 14.6 Å². The van der Waals surface area contributed by atoms with Crippen molar-refractivity contribution in [2.75, 3.05) is 24.2 Å². The second-order valence-electron chi connectivity index (χ2n) is 8.61. The van der Waals surface area contributed by atoms with E-state index in [9.17, 15) is 22.3 Å². The van der Waals surface area contributed by atoms with Crippen molar-refractivity contribution >= 4 is 37.6 Å². The van der Waals surface area contributed by atoms with Gasteiger partial charge in [-0.1, -0.05) is 18.2 Å². The first-order valence-corrected chi connectivity index (χ1v) is 13.0. The number of aromatic amines is 1. The molecule has 4 aromatic rings. The number of aromatic nitrogens is 3. The maximum absolute atomic E-state index is 14.8. The number of nitrogens with zero attached hydrogens (tertiary/aromatic N) is 3. The SMILES string of the molecule is CCS(=O)(=O)N1CCC(Nc2n[nH]c3c2nc(-c2c(F)cccc2F)c2cc(CO)ccc23)CC1. The average molecular weight is 502 g/mol. The van der Waals surface area contributed by atoms with Crippen LogP contribution in [0.3, 0.4) is 0 Å². The number of pyridine rings is 1. The van der Waals surface area contributed by atoms with Crippen LogP contribution in [0.2, 0.25) is 0 Å². The number of piperidine rings is 1. The highest BCUT2D eigenvalue weighted by Crippen LogP contribution is 2.37. The Kier molecular flexibility index (Phi) is 6.16. The van der Waals surface area contributed by atoms with Crippen molar-refractivity contribution in [1.29, 1.82) is 0 Å². The van der Waals surface area contributed by atoms with Gasteiger partial charge in [-0.2, -0.15) is 5.10 Å². The van der Waals surface area contributed by atoms with Crippen LogP contribution in [-0.2, 0) is 16.6 Å². The molecule has 3 N–H and O–H groups in total. The largest absolute Gasteiger partial charge is 0.392 e. The minimum Gasteiger partial charge on any atom is -0.392 e. The monoisotopic (exact) mass is 501 g/mol. The third-order valence-corrected chi connectivity index (χ3v) is 8.39. The van der Waals surface area contributed by atoms with E-state index in [1.165, 1.54) is 22.5 Å². The number of H-pyrrole nitrogens is 1. The van der Waals surface area contributed by atoms with Crippen LogP contribution in [-0.4, -0.2) is 57.9 Å². The van der Waals surface area contributed by atoms with E-state index in [4.69, 9.17) is 0 Å². The van der Waals surface area contributed by atoms with Gasteiger partial charge >= 0.3 is 0 Å². The lowest BCUT2D eigenvalue weighted by molar-refractivity contribution is 0.282. The predicted octanol–water partition coefficient (Wildman–Crippen LogP) is 3.77. The molecule has 8 nitrogen and oxygen atoms in total. The molecule has 0 amide bonds. The Bertz CT molecular complexity index is 1490. The average Bonchev–Trinajstić information content (AvgIpc) is 3.26. The first kappa shape index (κ1) is 23.6. The summed E-state index contributed by atoms with van der Waals surface area (Å²) in [5, 5.41) is 21.5. The highest BCUT2D eigenvalue weighted by Gasteiger charge is 2.28. The molecule has 35 heavy (non-hydrogen) atoms. The summed E-state index contributed by atoms with van der Waals surface area (Å²) in [7, 11) is -3.23. The zero-order valence-corrected chi connectivity index (χ0v) is 19.9. The number of hydrogen-bond donors (Lipinski definition) is 3. The molecule has 0 bridgehead atoms. The maximum Gasteiger partial charge on any atom is 0.213 e. The van der Waals surface area contributed by atoms with E-state index in [1.807, 2.05) is 0 Å². The molecule has 2 aromatic heterocycles. The van der Waals surface area contributed by atoms with Crippen molar-refractivity contribution in [3.8, 4) is 11.3 Å². The fraction of sp³-hybridized carbons (Fsp3) is 0.333. The van der Waals surface area contributed by atoms with E-state index >= 15 is 0 Å². The summed E-state index contributed by atoms with van der Waals surface area (Å²) in [5.41, 5.74) is 1.48. The number of fused-ring (bicyclic) bond motifs is 3. The summed E-state index contributed by atoms with van der Waals surface area (Å²) in [6.45, 7) is 2.21. The molecule has 3 heterocycles. The van der Waals surface area contributed by atoms with Crippen LogP contribution in [0.25, 0.3) is 33.1 Å². The van der Waals surface area contributed by atoms with Crippen molar-refractivity contribution in [2.24, 2.45) is 0 Å². The summed E-state index contributed by atoms with van der Waals surface area (Å²) in [5.74, 6) is -0.979. The van der Waals surface area contributed by atoms with Gasteiger partial charge in [0.25, 0.3) is 0 Å². The summed E-state index contributed by atoms with van der Waals surface area (Å²) in [6, 6.07) is 8.79. The number of aliphatic hydroxyl groups is 1. The van der Waals surface area contributed by atoms with Crippen LogP contribution in [0.15, 0.2) is 36.4 Å². The molecule has 0 unspecified atom stereocenters. The van der Waals surface area contributed by atoms with E-state index in [-0.39, 0.29) is 29.7 Å². The second-order valence-corrected chi connectivity index (χ2v) is 10.9. The van der Waals surface area contributed by atoms with Gasteiger partial charge in [-0.15, -0.1) is 0 Å². The first-order valence-electron chi connectivity index (χ1n) is 11.4. The van der Waals surface area contributed by atoms with E-state index < -0.39 is 21.7 Å². The smallest absolute Gasteiger partial charge is 0.213 e. The van der Waals surface area contributed by atoms with E-state index in [1.54, 1.807) is 25.1 Å². The standard InChI is InChI=1S/C24H25F2N5O3S/c1-2-35(33,34)31-10-8-15(9-11-31)27-24-23-22(29-30-24)16-7-6-14(13-32)12-17(16)21(28-23)20-18(25)4-3-5-19(20)26/h3-7,12,15,32H,2,8-11,13H2,1H3,(H2,27,29,30). The van der Waals surface area contributed by atoms with Gasteiger partial charge in [0.15, 0.2) is 5.82 Å². The Morgan fingerprint density at radius 1 is 1.14 bits per heavy atom. The summed E-state index contributed by atoms with van der Waals surface area (Å²) in [4.78, 5) is 4.64. The number of sulfonamides is 1. The minimum absolute atomic E-state index is 0.0345. The fourth-order valence-electron chi connectivity index (χ4n) is 4.58. The van der Waals surface area contributed by atoms with Gasteiger partial charge in [-0.25, -0.2) is 26.5 Å². The molecule has 5 rings (SSSR count). The number of anilines is 1. The summed E-state index contributed by atoms with van der Waals surface area (Å²) in [6.07, 6.45) is 1.19. The van der Waals surface area contributed by atoms with Gasteiger partial charge in [0.2, 0.25) is 10.0 Å². The van der Waals surface area contributed by atoms with Gasteiger partial charge in [-0.05, 0) is 43.5 Å². The lowest BCUT2D eigenvalue weighted by atomic mass is 9.99. The number of hydrogen-bond acceptors (Lipinski definition) is 6. The molecular weight excluding hydrogens is 476 g/mol. The van der Waals surface area contributed by atoms with Crippen molar-refractivity contribution in [2.45, 2.75) is 32.4 Å². The number of halogens is 2. The molecule has 1 aliphatic rings. The van der Waals surface area contributed by atoms with Crippen molar-refractivity contribution in [3.63, 3.8) is 0 Å². The van der Waals surface area contributed by atoms with Crippen LogP contribution in [0, 0.1) is 11.6 Å². The Morgan fingerprint density at radius 2 is 1.86 bits per heavy atom. The zero-order chi connectivity index (χ0) is 24.7. The quantitative estimate of drug-likeness (QED) is 0.371. The molecule has 2 aromatic carbocycles. The number of aliphatic hydroxyl groups excluding tert-OH is 1. The highest BCUT2D eigenvalue weighted by molar-refractivity contribution is 7.89. The predicted molar refractivity (Wildman–Crippen MR) is 130 cm³/mol. The minimum atomic E-state index is -3.23. The molecule has 0 atom stereocenters. The Hall–Kier alpha value is -3.15. The molecule has 184 valence electrons. The van der Waals surface area contributed by atoms with Gasteiger partial charge in [0.1, 0.15) is 17.2 Å². The summed E-state index contributed by atoms with van der Waals surface area (Å²) >= 11 is 0. The van der Waals surface area contributed by atoms with Gasteiger partial charge in [0, 0.05) is 29.9 Å². The first-order chi connectivity index (χ1) is 16.8. The Morgan fingerprint density at radius 3 is 2.51 bits per heavy atom. The summed E-state index contributed by atoms with van der Waals surface area (Å²) < 4.78 is 55.4. The van der Waals surface area contributed by atoms with Gasteiger partial charge in [-0.3, -0.25) is 5.10 Å². The van der Waals surface area contributed by atoms with E-state index in [0.29, 0.717) is 59.1 Å². The van der Waals surface area contributed by atoms with Crippen molar-refractivity contribution in [1.82, 2.24) is 19.5 Å². The molecule has 0 saturated carbocycles. The fourth-order valence-corrected chi connectivity index (χ4v) is 5.71. The molecular formula is C24H25F2N5O3S. The molecule has 1 fully saturated rings. The molecule has 11 heteroatoms.